The first-order chi connectivity index (χ1) is 7.83. The summed E-state index contributed by atoms with van der Waals surface area (Å²) < 4.78 is 8.18. The minimum atomic E-state index is 0.0669. The van der Waals surface area contributed by atoms with E-state index in [4.69, 9.17) is 9.84 Å². The molecule has 2 aromatic rings. The number of nitrogens with zero attached hydrogens (tertiary/aromatic N) is 2. The minimum Gasteiger partial charge on any atom is -0.394 e. The maximum absolute atomic E-state index is 8.59. The molecule has 1 aromatic heterocycles. The molecule has 0 spiro atoms. The highest BCUT2D eigenvalue weighted by Gasteiger charge is 2.06. The van der Waals surface area contributed by atoms with E-state index in [-0.39, 0.29) is 6.61 Å². The quantitative estimate of drug-likeness (QED) is 0.669. The first kappa shape index (κ1) is 11.8. The summed E-state index contributed by atoms with van der Waals surface area (Å²) in [6.07, 6.45) is 0. The van der Waals surface area contributed by atoms with Crippen LogP contribution in [0.15, 0.2) is 24.3 Å². The second kappa shape index (κ2) is 5.60. The zero-order chi connectivity index (χ0) is 11.4. The van der Waals surface area contributed by atoms with Crippen molar-refractivity contribution in [2.45, 2.75) is 6.54 Å². The van der Waals surface area contributed by atoms with E-state index in [2.05, 4.69) is 39.8 Å². The molecule has 2 rings (SSSR count). The van der Waals surface area contributed by atoms with E-state index in [1.165, 1.54) is 5.39 Å². The third kappa shape index (κ3) is 2.53. The predicted octanol–water partition coefficient (Wildman–Crippen LogP) is 1.65. The summed E-state index contributed by atoms with van der Waals surface area (Å²) in [6.45, 7) is 1.74. The summed E-state index contributed by atoms with van der Waals surface area (Å²) in [5.74, 6) is 0. The highest BCUT2D eigenvalue weighted by molar-refractivity contribution is 14.1. The smallest absolute Gasteiger partial charge is 0.131 e. The molecule has 1 heterocycles. The molecular formula is C11H13IN2O2. The number of para-hydroxylation sites is 1. The lowest BCUT2D eigenvalue weighted by atomic mass is 10.3. The molecule has 0 saturated carbocycles. The first-order valence-electron chi connectivity index (χ1n) is 5.12. The van der Waals surface area contributed by atoms with Crippen LogP contribution in [0.3, 0.4) is 0 Å². The van der Waals surface area contributed by atoms with E-state index in [1.54, 1.807) is 0 Å². The van der Waals surface area contributed by atoms with Crippen molar-refractivity contribution in [1.82, 2.24) is 9.78 Å². The van der Waals surface area contributed by atoms with Crippen molar-refractivity contribution in [2.24, 2.45) is 0 Å². The van der Waals surface area contributed by atoms with E-state index >= 15 is 0 Å². The Morgan fingerprint density at radius 3 is 2.94 bits per heavy atom. The average molecular weight is 332 g/mol. The highest BCUT2D eigenvalue weighted by atomic mass is 127. The molecule has 1 N–H and O–H groups in total. The summed E-state index contributed by atoms with van der Waals surface area (Å²) in [5.41, 5.74) is 1.12. The van der Waals surface area contributed by atoms with Gasteiger partial charge in [-0.25, -0.2) is 0 Å². The Balaban J connectivity index is 2.12. The Morgan fingerprint density at radius 2 is 2.12 bits per heavy atom. The predicted molar refractivity (Wildman–Crippen MR) is 70.4 cm³/mol. The Hall–Kier alpha value is -0.660. The summed E-state index contributed by atoms with van der Waals surface area (Å²) >= 11 is 2.23. The van der Waals surface area contributed by atoms with Crippen LogP contribution in [-0.2, 0) is 11.3 Å². The van der Waals surface area contributed by atoms with Crippen molar-refractivity contribution < 1.29 is 9.84 Å². The van der Waals surface area contributed by atoms with E-state index in [0.29, 0.717) is 19.8 Å². The molecule has 0 radical (unpaired) electrons. The number of hydrogen-bond acceptors (Lipinski definition) is 3. The number of hydrogen-bond donors (Lipinski definition) is 1. The second-order valence-corrected chi connectivity index (χ2v) is 4.39. The summed E-state index contributed by atoms with van der Waals surface area (Å²) in [5, 5.41) is 14.2. The molecule has 86 valence electrons. The van der Waals surface area contributed by atoms with Crippen molar-refractivity contribution in [1.29, 1.82) is 0 Å². The number of fused-ring (bicyclic) bond motifs is 1. The number of aliphatic hydroxyl groups is 1. The maximum atomic E-state index is 8.59. The number of halogens is 1. The van der Waals surface area contributed by atoms with Gasteiger partial charge >= 0.3 is 0 Å². The van der Waals surface area contributed by atoms with Crippen LogP contribution in [0.2, 0.25) is 0 Å². The lowest BCUT2D eigenvalue weighted by Gasteiger charge is -2.03. The number of ether oxygens (including phenoxy) is 1. The molecule has 0 unspecified atom stereocenters. The van der Waals surface area contributed by atoms with Gasteiger partial charge < -0.3 is 9.84 Å². The highest BCUT2D eigenvalue weighted by Crippen LogP contribution is 2.19. The van der Waals surface area contributed by atoms with Crippen molar-refractivity contribution in [3.8, 4) is 0 Å². The minimum absolute atomic E-state index is 0.0669. The van der Waals surface area contributed by atoms with Gasteiger partial charge in [-0.05, 0) is 28.7 Å². The summed E-state index contributed by atoms with van der Waals surface area (Å²) in [4.78, 5) is 0. The molecule has 0 fully saturated rings. The zero-order valence-electron chi connectivity index (χ0n) is 8.77. The van der Waals surface area contributed by atoms with Crippen LogP contribution in [0, 0.1) is 3.70 Å². The third-order valence-corrected chi connectivity index (χ3v) is 3.09. The fourth-order valence-electron chi connectivity index (χ4n) is 1.57. The average Bonchev–Trinajstić information content (AvgIpc) is 2.63. The Kier molecular flexibility index (Phi) is 4.14. The van der Waals surface area contributed by atoms with Crippen LogP contribution < -0.4 is 0 Å². The molecule has 0 aliphatic carbocycles. The zero-order valence-corrected chi connectivity index (χ0v) is 10.9. The van der Waals surface area contributed by atoms with Crippen LogP contribution in [0.5, 0.6) is 0 Å². The van der Waals surface area contributed by atoms with Crippen molar-refractivity contribution >= 4 is 33.5 Å². The van der Waals surface area contributed by atoms with E-state index < -0.39 is 0 Å². The molecule has 16 heavy (non-hydrogen) atoms. The van der Waals surface area contributed by atoms with E-state index in [0.717, 1.165) is 9.22 Å². The van der Waals surface area contributed by atoms with Gasteiger partial charge in [0.1, 0.15) is 3.70 Å². The van der Waals surface area contributed by atoms with E-state index in [9.17, 15) is 0 Å². The van der Waals surface area contributed by atoms with Gasteiger partial charge in [-0.3, -0.25) is 4.68 Å². The van der Waals surface area contributed by atoms with E-state index in [1.807, 2.05) is 16.8 Å². The molecule has 5 heteroatoms. The van der Waals surface area contributed by atoms with Crippen LogP contribution in [-0.4, -0.2) is 34.7 Å². The van der Waals surface area contributed by atoms with Crippen LogP contribution in [0.1, 0.15) is 0 Å². The van der Waals surface area contributed by atoms with Gasteiger partial charge in [0.05, 0.1) is 31.9 Å². The number of aliphatic hydroxyl groups excluding tert-OH is 1. The van der Waals surface area contributed by atoms with Gasteiger partial charge in [0, 0.05) is 5.39 Å². The molecule has 0 aliphatic heterocycles. The normalized spacial score (nSPS) is 11.1. The van der Waals surface area contributed by atoms with Gasteiger partial charge in [-0.15, -0.1) is 0 Å². The molecule has 1 aromatic carbocycles. The molecule has 0 aliphatic rings. The Bertz CT molecular complexity index is 470. The van der Waals surface area contributed by atoms with Crippen LogP contribution in [0.25, 0.3) is 10.9 Å². The maximum Gasteiger partial charge on any atom is 0.131 e. The number of rotatable bonds is 5. The first-order valence-corrected chi connectivity index (χ1v) is 6.20. The van der Waals surface area contributed by atoms with Gasteiger partial charge in [0.15, 0.2) is 0 Å². The number of benzene rings is 1. The van der Waals surface area contributed by atoms with Crippen molar-refractivity contribution in [3.05, 3.63) is 28.0 Å². The third-order valence-electron chi connectivity index (χ3n) is 2.30. The molecule has 4 nitrogen and oxygen atoms in total. The monoisotopic (exact) mass is 332 g/mol. The number of aromatic nitrogens is 2. The second-order valence-electron chi connectivity index (χ2n) is 3.37. The van der Waals surface area contributed by atoms with Crippen LogP contribution in [0.4, 0.5) is 0 Å². The Labute approximate surface area is 107 Å². The van der Waals surface area contributed by atoms with Crippen molar-refractivity contribution in [3.63, 3.8) is 0 Å². The largest absolute Gasteiger partial charge is 0.394 e. The Morgan fingerprint density at radius 1 is 1.31 bits per heavy atom. The summed E-state index contributed by atoms with van der Waals surface area (Å²) in [6, 6.07) is 8.13. The molecule has 0 bridgehead atoms. The van der Waals surface area contributed by atoms with Crippen LogP contribution >= 0.6 is 22.6 Å². The standard InChI is InChI=1S/C11H13IN2O2/c12-11-9-3-1-2-4-10(9)14(13-11)5-7-16-8-6-15/h1-4,15H,5-8H2. The molecule has 0 amide bonds. The molecule has 0 saturated heterocycles. The van der Waals surface area contributed by atoms with Gasteiger partial charge in [0.25, 0.3) is 0 Å². The van der Waals surface area contributed by atoms with Crippen molar-refractivity contribution in [2.75, 3.05) is 19.8 Å². The fourth-order valence-corrected chi connectivity index (χ4v) is 2.29. The lowest BCUT2D eigenvalue weighted by molar-refractivity contribution is 0.0859. The van der Waals surface area contributed by atoms with Gasteiger partial charge in [-0.1, -0.05) is 18.2 Å². The fraction of sp³-hybridized carbons (Fsp3) is 0.364. The van der Waals surface area contributed by atoms with Gasteiger partial charge in [0.2, 0.25) is 0 Å². The SMILES string of the molecule is OCCOCCn1nc(I)c2ccccc21. The molecule has 0 atom stereocenters. The molecular weight excluding hydrogens is 319 g/mol. The lowest BCUT2D eigenvalue weighted by Crippen LogP contribution is -2.09. The summed E-state index contributed by atoms with van der Waals surface area (Å²) in [7, 11) is 0. The topological polar surface area (TPSA) is 47.3 Å². The van der Waals surface area contributed by atoms with Gasteiger partial charge in [-0.2, -0.15) is 5.10 Å².